The van der Waals surface area contributed by atoms with E-state index in [1.165, 1.54) is 6.42 Å². The van der Waals surface area contributed by atoms with Crippen LogP contribution in [-0.2, 0) is 4.79 Å². The number of carbonyl (C=O) groups is 1. The summed E-state index contributed by atoms with van der Waals surface area (Å²) in [4.78, 5) is 14.4. The molecule has 1 rings (SSSR count). The van der Waals surface area contributed by atoms with Gasteiger partial charge >= 0.3 is 0 Å². The molecule has 3 heteroatoms. The molecule has 0 aliphatic carbocycles. The lowest BCUT2D eigenvalue weighted by Gasteiger charge is -2.29. The number of nitrogens with zero attached hydrogens (tertiary/aromatic N) is 1. The lowest BCUT2D eigenvalue weighted by atomic mass is 9.85. The van der Waals surface area contributed by atoms with Gasteiger partial charge < -0.3 is 10.6 Å². The fourth-order valence-corrected chi connectivity index (χ4v) is 2.66. The zero-order valence-corrected chi connectivity index (χ0v) is 13.4. The fraction of sp³-hybridized carbons (Fsp3) is 0.938. The van der Waals surface area contributed by atoms with Crippen molar-refractivity contribution in [2.75, 3.05) is 13.1 Å². The molecule has 2 unspecified atom stereocenters. The number of nitrogens with two attached hydrogens (primary N) is 1. The molecule has 0 saturated carbocycles. The van der Waals surface area contributed by atoms with Crippen LogP contribution >= 0.6 is 0 Å². The summed E-state index contributed by atoms with van der Waals surface area (Å²) in [6.45, 7) is 12.7. The van der Waals surface area contributed by atoms with Crippen molar-refractivity contribution in [3.63, 3.8) is 0 Å². The summed E-state index contributed by atoms with van der Waals surface area (Å²) in [5.74, 6) is 1.74. The van der Waals surface area contributed by atoms with E-state index in [9.17, 15) is 4.79 Å². The van der Waals surface area contributed by atoms with Crippen LogP contribution in [0.25, 0.3) is 0 Å². The third-order valence-corrected chi connectivity index (χ3v) is 4.58. The monoisotopic (exact) mass is 268 g/mol. The van der Waals surface area contributed by atoms with Crippen LogP contribution in [0.4, 0.5) is 0 Å². The van der Waals surface area contributed by atoms with Gasteiger partial charge in [0.2, 0.25) is 5.91 Å². The molecule has 1 saturated heterocycles. The first kappa shape index (κ1) is 16.5. The normalized spacial score (nSPS) is 23.3. The Kier molecular flexibility index (Phi) is 5.84. The van der Waals surface area contributed by atoms with Crippen LogP contribution in [0.3, 0.4) is 0 Å². The van der Waals surface area contributed by atoms with E-state index in [4.69, 9.17) is 5.73 Å². The van der Waals surface area contributed by atoms with Gasteiger partial charge in [-0.25, -0.2) is 0 Å². The van der Waals surface area contributed by atoms with Crippen LogP contribution in [0, 0.1) is 17.3 Å². The topological polar surface area (TPSA) is 46.3 Å². The van der Waals surface area contributed by atoms with Crippen molar-refractivity contribution in [1.29, 1.82) is 0 Å². The predicted octanol–water partition coefficient (Wildman–Crippen LogP) is 3.03. The number of hydrogen-bond donors (Lipinski definition) is 1. The minimum absolute atomic E-state index is 0.00196. The molecule has 1 fully saturated rings. The van der Waals surface area contributed by atoms with Crippen LogP contribution in [0.1, 0.15) is 60.3 Å². The maximum Gasteiger partial charge on any atom is 0.224 e. The van der Waals surface area contributed by atoms with Crippen LogP contribution in [0.5, 0.6) is 0 Å². The Hall–Kier alpha value is -0.570. The van der Waals surface area contributed by atoms with Crippen molar-refractivity contribution >= 4 is 5.91 Å². The molecule has 0 spiro atoms. The molecule has 19 heavy (non-hydrogen) atoms. The summed E-state index contributed by atoms with van der Waals surface area (Å²) in [6, 6.07) is -0.0517. The highest BCUT2D eigenvalue weighted by atomic mass is 16.2. The highest BCUT2D eigenvalue weighted by Gasteiger charge is 2.27. The Morgan fingerprint density at radius 2 is 1.89 bits per heavy atom. The maximum atomic E-state index is 12.3. The average Bonchev–Trinajstić information content (AvgIpc) is 2.52. The van der Waals surface area contributed by atoms with Gasteiger partial charge in [0.25, 0.3) is 0 Å². The molecule has 3 nitrogen and oxygen atoms in total. The van der Waals surface area contributed by atoms with Gasteiger partial charge in [-0.3, -0.25) is 4.79 Å². The van der Waals surface area contributed by atoms with Crippen molar-refractivity contribution < 1.29 is 4.79 Å². The molecule has 1 amide bonds. The van der Waals surface area contributed by atoms with Crippen LogP contribution in [0.15, 0.2) is 0 Å². The van der Waals surface area contributed by atoms with Gasteiger partial charge in [0, 0.05) is 25.6 Å². The Morgan fingerprint density at radius 3 is 2.42 bits per heavy atom. The lowest BCUT2D eigenvalue weighted by molar-refractivity contribution is -0.132. The smallest absolute Gasteiger partial charge is 0.224 e. The van der Waals surface area contributed by atoms with E-state index in [0.29, 0.717) is 6.42 Å². The minimum Gasteiger partial charge on any atom is -0.343 e. The number of carbonyl (C=O) groups excluding carboxylic acids is 1. The van der Waals surface area contributed by atoms with Gasteiger partial charge in [0.1, 0.15) is 0 Å². The summed E-state index contributed by atoms with van der Waals surface area (Å²) in [6.07, 6.45) is 4.02. The van der Waals surface area contributed by atoms with E-state index in [0.717, 1.165) is 37.8 Å². The Bertz CT molecular complexity index is 294. The largest absolute Gasteiger partial charge is 0.343 e. The summed E-state index contributed by atoms with van der Waals surface area (Å²) < 4.78 is 0. The van der Waals surface area contributed by atoms with E-state index in [1.807, 2.05) is 4.90 Å². The van der Waals surface area contributed by atoms with E-state index in [1.54, 1.807) is 0 Å². The molecule has 1 aliphatic rings. The molecular weight excluding hydrogens is 236 g/mol. The molecule has 112 valence electrons. The van der Waals surface area contributed by atoms with Gasteiger partial charge in [-0.15, -0.1) is 0 Å². The third-order valence-electron chi connectivity index (χ3n) is 4.58. The quantitative estimate of drug-likeness (QED) is 0.855. The number of amides is 1. The zero-order chi connectivity index (χ0) is 14.6. The molecule has 1 aliphatic heterocycles. The van der Waals surface area contributed by atoms with Gasteiger partial charge in [0.05, 0.1) is 0 Å². The van der Waals surface area contributed by atoms with E-state index in [-0.39, 0.29) is 17.4 Å². The summed E-state index contributed by atoms with van der Waals surface area (Å²) in [5, 5.41) is 0. The highest BCUT2D eigenvalue weighted by Crippen LogP contribution is 2.26. The van der Waals surface area contributed by atoms with Gasteiger partial charge in [-0.2, -0.15) is 0 Å². The molecule has 2 atom stereocenters. The Balaban J connectivity index is 2.50. The van der Waals surface area contributed by atoms with Gasteiger partial charge in [0.15, 0.2) is 0 Å². The number of rotatable bonds is 3. The van der Waals surface area contributed by atoms with Crippen LogP contribution < -0.4 is 5.73 Å². The van der Waals surface area contributed by atoms with Crippen LogP contribution in [-0.4, -0.2) is 29.9 Å². The molecule has 0 bridgehead atoms. The lowest BCUT2D eigenvalue weighted by Crippen LogP contribution is -2.42. The van der Waals surface area contributed by atoms with Gasteiger partial charge in [-0.1, -0.05) is 34.6 Å². The van der Waals surface area contributed by atoms with E-state index >= 15 is 0 Å². The second-order valence-corrected chi connectivity index (χ2v) is 7.49. The van der Waals surface area contributed by atoms with Crippen molar-refractivity contribution in [2.24, 2.45) is 23.0 Å². The third kappa shape index (κ3) is 5.13. The zero-order valence-electron chi connectivity index (χ0n) is 13.4. The SMILES string of the molecule is CC(C)C1CCCN(C(=O)CC(N)C(C)(C)C)CC1. The molecular formula is C16H32N2O. The minimum atomic E-state index is -0.0517. The van der Waals surface area contributed by atoms with Crippen molar-refractivity contribution in [2.45, 2.75) is 66.3 Å². The molecule has 0 aromatic carbocycles. The van der Waals surface area contributed by atoms with Crippen molar-refractivity contribution in [3.8, 4) is 0 Å². The highest BCUT2D eigenvalue weighted by molar-refractivity contribution is 5.76. The van der Waals surface area contributed by atoms with Crippen LogP contribution in [0.2, 0.25) is 0 Å². The number of hydrogen-bond acceptors (Lipinski definition) is 2. The molecule has 0 aromatic heterocycles. The molecule has 2 N–H and O–H groups in total. The fourth-order valence-electron chi connectivity index (χ4n) is 2.66. The van der Waals surface area contributed by atoms with Gasteiger partial charge in [-0.05, 0) is 36.5 Å². The average molecular weight is 268 g/mol. The second kappa shape index (κ2) is 6.74. The van der Waals surface area contributed by atoms with E-state index < -0.39 is 0 Å². The molecule has 0 radical (unpaired) electrons. The summed E-state index contributed by atoms with van der Waals surface area (Å²) >= 11 is 0. The standard InChI is InChI=1S/C16H32N2O/c1-12(2)13-7-6-9-18(10-8-13)15(19)11-14(17)16(3,4)5/h12-14H,6-11,17H2,1-5H3. The van der Waals surface area contributed by atoms with Crippen molar-refractivity contribution in [1.82, 2.24) is 4.90 Å². The first-order valence-corrected chi connectivity index (χ1v) is 7.75. The van der Waals surface area contributed by atoms with Crippen molar-refractivity contribution in [3.05, 3.63) is 0 Å². The summed E-state index contributed by atoms with van der Waals surface area (Å²) in [5.41, 5.74) is 6.13. The predicted molar refractivity (Wildman–Crippen MR) is 80.8 cm³/mol. The first-order valence-electron chi connectivity index (χ1n) is 7.75. The molecule has 1 heterocycles. The Labute approximate surface area is 118 Å². The maximum absolute atomic E-state index is 12.3. The Morgan fingerprint density at radius 1 is 1.26 bits per heavy atom. The summed E-state index contributed by atoms with van der Waals surface area (Å²) in [7, 11) is 0. The first-order chi connectivity index (χ1) is 8.71. The second-order valence-electron chi connectivity index (χ2n) is 7.49. The number of likely N-dealkylation sites (tertiary alicyclic amines) is 1. The van der Waals surface area contributed by atoms with E-state index in [2.05, 4.69) is 34.6 Å². The molecule has 0 aromatic rings.